The van der Waals surface area contributed by atoms with Crippen molar-refractivity contribution in [2.75, 3.05) is 32.7 Å². The van der Waals surface area contributed by atoms with Gasteiger partial charge in [0.1, 0.15) is 0 Å². The van der Waals surface area contributed by atoms with Crippen LogP contribution in [0.1, 0.15) is 26.7 Å². The van der Waals surface area contributed by atoms with Crippen LogP contribution < -0.4 is 5.32 Å². The molecular weight excluding hydrogens is 255 g/mol. The SMILES string of the molecule is CC(CNCC(F)(F)F)N1CC2CCCN2CC1C. The van der Waals surface area contributed by atoms with Gasteiger partial charge in [-0.05, 0) is 33.2 Å². The molecular formula is C13H24F3N3. The van der Waals surface area contributed by atoms with E-state index in [9.17, 15) is 13.2 Å². The Hall–Kier alpha value is -0.330. The summed E-state index contributed by atoms with van der Waals surface area (Å²) in [5.41, 5.74) is 0. The Balaban J connectivity index is 1.79. The minimum absolute atomic E-state index is 0.153. The molecule has 2 rings (SSSR count). The Morgan fingerprint density at radius 2 is 2.05 bits per heavy atom. The van der Waals surface area contributed by atoms with Crippen LogP contribution in [0.5, 0.6) is 0 Å². The van der Waals surface area contributed by atoms with E-state index in [1.807, 2.05) is 6.92 Å². The number of nitrogens with zero attached hydrogens (tertiary/aromatic N) is 2. The van der Waals surface area contributed by atoms with Gasteiger partial charge in [0.25, 0.3) is 0 Å². The average Bonchev–Trinajstić information content (AvgIpc) is 2.72. The van der Waals surface area contributed by atoms with E-state index in [0.29, 0.717) is 18.6 Å². The molecule has 0 radical (unpaired) electrons. The zero-order valence-electron chi connectivity index (χ0n) is 11.7. The fourth-order valence-electron chi connectivity index (χ4n) is 3.36. The fraction of sp³-hybridized carbons (Fsp3) is 1.00. The quantitative estimate of drug-likeness (QED) is 0.845. The van der Waals surface area contributed by atoms with Crippen molar-refractivity contribution in [2.24, 2.45) is 0 Å². The second kappa shape index (κ2) is 5.97. The number of hydrogen-bond acceptors (Lipinski definition) is 3. The van der Waals surface area contributed by atoms with E-state index in [2.05, 4.69) is 22.0 Å². The van der Waals surface area contributed by atoms with E-state index < -0.39 is 12.7 Å². The predicted molar refractivity (Wildman–Crippen MR) is 69.1 cm³/mol. The maximum absolute atomic E-state index is 12.1. The van der Waals surface area contributed by atoms with Crippen LogP contribution in [-0.2, 0) is 0 Å². The minimum Gasteiger partial charge on any atom is -0.307 e. The summed E-state index contributed by atoms with van der Waals surface area (Å²) in [5.74, 6) is 0. The molecule has 2 fully saturated rings. The minimum atomic E-state index is -4.12. The van der Waals surface area contributed by atoms with Crippen LogP contribution >= 0.6 is 0 Å². The molecule has 19 heavy (non-hydrogen) atoms. The largest absolute Gasteiger partial charge is 0.401 e. The first-order valence-corrected chi connectivity index (χ1v) is 7.14. The van der Waals surface area contributed by atoms with E-state index in [-0.39, 0.29) is 6.04 Å². The highest BCUT2D eigenvalue weighted by Gasteiger charge is 2.36. The van der Waals surface area contributed by atoms with Gasteiger partial charge in [0.15, 0.2) is 0 Å². The van der Waals surface area contributed by atoms with Crippen molar-refractivity contribution < 1.29 is 13.2 Å². The van der Waals surface area contributed by atoms with Crippen molar-refractivity contribution in [3.05, 3.63) is 0 Å². The van der Waals surface area contributed by atoms with Crippen molar-refractivity contribution in [3.63, 3.8) is 0 Å². The van der Waals surface area contributed by atoms with Crippen LogP contribution in [-0.4, -0.2) is 66.8 Å². The van der Waals surface area contributed by atoms with Gasteiger partial charge in [-0.1, -0.05) is 0 Å². The lowest BCUT2D eigenvalue weighted by molar-refractivity contribution is -0.125. The molecule has 0 amide bonds. The molecule has 112 valence electrons. The van der Waals surface area contributed by atoms with Gasteiger partial charge in [0, 0.05) is 37.8 Å². The summed E-state index contributed by atoms with van der Waals surface area (Å²) in [4.78, 5) is 4.88. The lowest BCUT2D eigenvalue weighted by Crippen LogP contribution is -2.59. The number of nitrogens with one attached hydrogen (secondary N) is 1. The van der Waals surface area contributed by atoms with Crippen LogP contribution in [0.15, 0.2) is 0 Å². The Morgan fingerprint density at radius 3 is 2.74 bits per heavy atom. The van der Waals surface area contributed by atoms with Gasteiger partial charge < -0.3 is 5.32 Å². The van der Waals surface area contributed by atoms with Crippen LogP contribution in [0, 0.1) is 0 Å². The zero-order valence-corrected chi connectivity index (χ0v) is 11.7. The monoisotopic (exact) mass is 279 g/mol. The summed E-state index contributed by atoms with van der Waals surface area (Å²) in [5, 5.41) is 2.52. The fourth-order valence-corrected chi connectivity index (χ4v) is 3.36. The first-order chi connectivity index (χ1) is 8.87. The number of halogens is 3. The molecule has 0 spiro atoms. The molecule has 2 aliphatic rings. The topological polar surface area (TPSA) is 18.5 Å². The zero-order chi connectivity index (χ0) is 14.0. The molecule has 6 heteroatoms. The standard InChI is InChI=1S/C13H24F3N3/c1-10(6-17-9-13(14,15)16)19-8-12-4-3-5-18(12)7-11(19)2/h10-12,17H,3-9H2,1-2H3. The van der Waals surface area contributed by atoms with Gasteiger partial charge in [0.05, 0.1) is 6.54 Å². The lowest BCUT2D eigenvalue weighted by atomic mass is 10.1. The smallest absolute Gasteiger partial charge is 0.307 e. The second-order valence-corrected chi connectivity index (χ2v) is 5.93. The molecule has 2 aliphatic heterocycles. The Morgan fingerprint density at radius 1 is 1.32 bits per heavy atom. The van der Waals surface area contributed by atoms with Crippen LogP contribution in [0.2, 0.25) is 0 Å². The summed E-state index contributed by atoms with van der Waals surface area (Å²) in [7, 11) is 0. The lowest BCUT2D eigenvalue weighted by Gasteiger charge is -2.45. The molecule has 0 aliphatic carbocycles. The molecule has 0 bridgehead atoms. The van der Waals surface area contributed by atoms with Crippen molar-refractivity contribution >= 4 is 0 Å². The summed E-state index contributed by atoms with van der Waals surface area (Å²) >= 11 is 0. The van der Waals surface area contributed by atoms with E-state index in [4.69, 9.17) is 0 Å². The summed E-state index contributed by atoms with van der Waals surface area (Å²) < 4.78 is 36.4. The number of hydrogen-bond donors (Lipinski definition) is 1. The van der Waals surface area contributed by atoms with Gasteiger partial charge in [-0.3, -0.25) is 9.80 Å². The van der Waals surface area contributed by atoms with Gasteiger partial charge >= 0.3 is 6.18 Å². The molecule has 1 N–H and O–H groups in total. The van der Waals surface area contributed by atoms with Crippen LogP contribution in [0.3, 0.4) is 0 Å². The van der Waals surface area contributed by atoms with Gasteiger partial charge in [0.2, 0.25) is 0 Å². The first kappa shape index (κ1) is 15.1. The van der Waals surface area contributed by atoms with Crippen LogP contribution in [0.25, 0.3) is 0 Å². The molecule has 0 saturated carbocycles. The van der Waals surface area contributed by atoms with E-state index >= 15 is 0 Å². The van der Waals surface area contributed by atoms with Crippen molar-refractivity contribution in [3.8, 4) is 0 Å². The van der Waals surface area contributed by atoms with Crippen LogP contribution in [0.4, 0.5) is 13.2 Å². The van der Waals surface area contributed by atoms with Crippen molar-refractivity contribution in [2.45, 2.75) is 51.0 Å². The number of piperazine rings is 1. The Kier molecular flexibility index (Phi) is 4.74. The molecule has 3 atom stereocenters. The summed E-state index contributed by atoms with van der Waals surface area (Å²) in [6.45, 7) is 6.93. The molecule has 0 aromatic rings. The van der Waals surface area contributed by atoms with E-state index in [1.165, 1.54) is 19.4 Å². The van der Waals surface area contributed by atoms with Crippen molar-refractivity contribution in [1.29, 1.82) is 0 Å². The molecule has 0 aromatic heterocycles. The average molecular weight is 279 g/mol. The van der Waals surface area contributed by atoms with Gasteiger partial charge in [-0.15, -0.1) is 0 Å². The molecule has 0 aromatic carbocycles. The van der Waals surface area contributed by atoms with E-state index in [1.54, 1.807) is 0 Å². The number of rotatable bonds is 4. The predicted octanol–water partition coefficient (Wildman–Crippen LogP) is 1.70. The second-order valence-electron chi connectivity index (χ2n) is 5.93. The first-order valence-electron chi connectivity index (χ1n) is 7.14. The molecule has 3 unspecified atom stereocenters. The normalized spacial score (nSPS) is 31.4. The highest BCUT2D eigenvalue weighted by atomic mass is 19.4. The molecule has 2 heterocycles. The third kappa shape index (κ3) is 4.07. The third-order valence-electron chi connectivity index (χ3n) is 4.32. The summed E-state index contributed by atoms with van der Waals surface area (Å²) in [6, 6.07) is 1.19. The van der Waals surface area contributed by atoms with Gasteiger partial charge in [-0.25, -0.2) is 0 Å². The third-order valence-corrected chi connectivity index (χ3v) is 4.32. The number of fused-ring (bicyclic) bond motifs is 1. The molecule has 3 nitrogen and oxygen atoms in total. The van der Waals surface area contributed by atoms with Crippen molar-refractivity contribution in [1.82, 2.24) is 15.1 Å². The maximum atomic E-state index is 12.1. The Bertz CT molecular complexity index is 295. The maximum Gasteiger partial charge on any atom is 0.401 e. The highest BCUT2D eigenvalue weighted by molar-refractivity contribution is 4.92. The Labute approximate surface area is 113 Å². The van der Waals surface area contributed by atoms with E-state index in [0.717, 1.165) is 13.1 Å². The number of alkyl halides is 3. The molecule has 2 saturated heterocycles. The highest BCUT2D eigenvalue weighted by Crippen LogP contribution is 2.25. The summed E-state index contributed by atoms with van der Waals surface area (Å²) in [6.07, 6.45) is -1.63. The van der Waals surface area contributed by atoms with Gasteiger partial charge in [-0.2, -0.15) is 13.2 Å².